The predicted octanol–water partition coefficient (Wildman–Crippen LogP) is 5.75. The van der Waals surface area contributed by atoms with E-state index in [9.17, 15) is 14.4 Å². The monoisotopic (exact) mass is 457 g/mol. The first-order valence-corrected chi connectivity index (χ1v) is 10.3. The summed E-state index contributed by atoms with van der Waals surface area (Å²) in [6.45, 7) is 8.61. The summed E-state index contributed by atoms with van der Waals surface area (Å²) in [6, 6.07) is 4.67. The Morgan fingerprint density at radius 1 is 1.07 bits per heavy atom. The standard InChI is InChI=1S/C20H21Cl2NO5S/c1-6-27-18(25)13-10(2)15(19(26)28-20(3,4)5)29-17(13)23-16(24)14-11(21)8-7-9-12(14)22/h7-9H,6H2,1-5H3,(H,23,24). The van der Waals surface area contributed by atoms with Crippen molar-refractivity contribution in [3.8, 4) is 0 Å². The van der Waals surface area contributed by atoms with E-state index in [0.717, 1.165) is 11.3 Å². The third-order valence-corrected chi connectivity index (χ3v) is 5.44. The number of ether oxygens (including phenoxy) is 2. The van der Waals surface area contributed by atoms with Crippen LogP contribution in [-0.4, -0.2) is 30.1 Å². The number of esters is 2. The smallest absolute Gasteiger partial charge is 0.349 e. The number of anilines is 1. The molecule has 0 aliphatic heterocycles. The molecule has 1 aromatic heterocycles. The number of carbonyl (C=O) groups is 3. The van der Waals surface area contributed by atoms with E-state index in [1.165, 1.54) is 12.1 Å². The second-order valence-electron chi connectivity index (χ2n) is 7.03. The van der Waals surface area contributed by atoms with Gasteiger partial charge in [0.05, 0.1) is 27.8 Å². The zero-order valence-electron chi connectivity index (χ0n) is 16.6. The molecule has 9 heteroatoms. The molecule has 0 spiro atoms. The van der Waals surface area contributed by atoms with Crippen molar-refractivity contribution in [2.24, 2.45) is 0 Å². The van der Waals surface area contributed by atoms with E-state index in [1.807, 2.05) is 0 Å². The molecule has 0 fully saturated rings. The van der Waals surface area contributed by atoms with E-state index < -0.39 is 23.4 Å². The molecule has 1 amide bonds. The molecular formula is C20H21Cl2NO5S. The molecule has 0 saturated carbocycles. The quantitative estimate of drug-likeness (QED) is 0.578. The Hall–Kier alpha value is -2.09. The van der Waals surface area contributed by atoms with E-state index in [1.54, 1.807) is 40.7 Å². The number of thiophene rings is 1. The topological polar surface area (TPSA) is 81.7 Å². The maximum Gasteiger partial charge on any atom is 0.349 e. The average Bonchev–Trinajstić information content (AvgIpc) is 2.89. The van der Waals surface area contributed by atoms with Crippen molar-refractivity contribution in [3.05, 3.63) is 49.8 Å². The van der Waals surface area contributed by atoms with Crippen molar-refractivity contribution in [2.45, 2.75) is 40.2 Å². The molecule has 1 N–H and O–H groups in total. The minimum absolute atomic E-state index is 0.0653. The van der Waals surface area contributed by atoms with Crippen molar-refractivity contribution < 1.29 is 23.9 Å². The van der Waals surface area contributed by atoms with Crippen LogP contribution in [0.3, 0.4) is 0 Å². The van der Waals surface area contributed by atoms with Crippen LogP contribution < -0.4 is 5.32 Å². The van der Waals surface area contributed by atoms with E-state index in [2.05, 4.69) is 5.32 Å². The molecule has 0 saturated heterocycles. The highest BCUT2D eigenvalue weighted by molar-refractivity contribution is 7.18. The zero-order chi connectivity index (χ0) is 21.9. The lowest BCUT2D eigenvalue weighted by molar-refractivity contribution is 0.00744. The molecule has 0 bridgehead atoms. The van der Waals surface area contributed by atoms with Gasteiger partial charge in [-0.05, 0) is 52.3 Å². The molecule has 1 heterocycles. The summed E-state index contributed by atoms with van der Waals surface area (Å²) in [5, 5.41) is 3.11. The highest BCUT2D eigenvalue weighted by atomic mass is 35.5. The van der Waals surface area contributed by atoms with Crippen molar-refractivity contribution >= 4 is 57.4 Å². The number of halogens is 2. The van der Waals surface area contributed by atoms with E-state index in [4.69, 9.17) is 32.7 Å². The van der Waals surface area contributed by atoms with Crippen molar-refractivity contribution in [1.29, 1.82) is 0 Å². The molecule has 0 aliphatic carbocycles. The SMILES string of the molecule is CCOC(=O)c1c(NC(=O)c2c(Cl)cccc2Cl)sc(C(=O)OC(C)(C)C)c1C. The Bertz CT molecular complexity index is 942. The lowest BCUT2D eigenvalue weighted by Gasteiger charge is -2.19. The normalized spacial score (nSPS) is 11.1. The van der Waals surface area contributed by atoms with Gasteiger partial charge in [-0.2, -0.15) is 0 Å². The third-order valence-electron chi connectivity index (χ3n) is 3.63. The van der Waals surface area contributed by atoms with Crippen LogP contribution in [0, 0.1) is 6.92 Å². The van der Waals surface area contributed by atoms with Gasteiger partial charge in [0, 0.05) is 0 Å². The number of carbonyl (C=O) groups excluding carboxylic acids is 3. The Morgan fingerprint density at radius 3 is 2.17 bits per heavy atom. The van der Waals surface area contributed by atoms with Gasteiger partial charge in [-0.15, -0.1) is 11.3 Å². The van der Waals surface area contributed by atoms with Gasteiger partial charge in [-0.3, -0.25) is 4.79 Å². The number of hydrogen-bond acceptors (Lipinski definition) is 6. The van der Waals surface area contributed by atoms with Gasteiger partial charge < -0.3 is 14.8 Å². The summed E-state index contributed by atoms with van der Waals surface area (Å²) in [6.07, 6.45) is 0. The van der Waals surface area contributed by atoms with Crippen LogP contribution in [-0.2, 0) is 9.47 Å². The average molecular weight is 458 g/mol. The lowest BCUT2D eigenvalue weighted by atomic mass is 10.1. The summed E-state index contributed by atoms with van der Waals surface area (Å²) in [5.41, 5.74) is -0.195. The first-order chi connectivity index (χ1) is 13.5. The highest BCUT2D eigenvalue weighted by Crippen LogP contribution is 2.36. The molecule has 0 aliphatic rings. The maximum atomic E-state index is 12.8. The molecular weight excluding hydrogens is 437 g/mol. The van der Waals surface area contributed by atoms with Gasteiger partial charge in [0.1, 0.15) is 15.5 Å². The Balaban J connectivity index is 2.49. The minimum Gasteiger partial charge on any atom is -0.462 e. The number of benzene rings is 1. The molecule has 6 nitrogen and oxygen atoms in total. The van der Waals surface area contributed by atoms with E-state index >= 15 is 0 Å². The minimum atomic E-state index is -0.716. The van der Waals surface area contributed by atoms with Crippen LogP contribution in [0.4, 0.5) is 5.00 Å². The van der Waals surface area contributed by atoms with Crippen LogP contribution in [0.25, 0.3) is 0 Å². The highest BCUT2D eigenvalue weighted by Gasteiger charge is 2.30. The molecule has 1 aromatic carbocycles. The third kappa shape index (κ3) is 5.50. The molecule has 2 rings (SSSR count). The number of amides is 1. The second kappa shape index (κ2) is 9.15. The number of hydrogen-bond donors (Lipinski definition) is 1. The maximum absolute atomic E-state index is 12.8. The van der Waals surface area contributed by atoms with Crippen molar-refractivity contribution in [1.82, 2.24) is 0 Å². The fraction of sp³-hybridized carbons (Fsp3) is 0.350. The Labute approximate surface area is 183 Å². The van der Waals surface area contributed by atoms with E-state index in [0.29, 0.717) is 5.56 Å². The summed E-state index contributed by atoms with van der Waals surface area (Å²) in [4.78, 5) is 38.0. The fourth-order valence-electron chi connectivity index (χ4n) is 2.45. The summed E-state index contributed by atoms with van der Waals surface area (Å²) < 4.78 is 10.5. The molecule has 156 valence electrons. The lowest BCUT2D eigenvalue weighted by Crippen LogP contribution is -2.23. The number of rotatable bonds is 5. The van der Waals surface area contributed by atoms with Gasteiger partial charge in [-0.1, -0.05) is 29.3 Å². The molecule has 2 aromatic rings. The zero-order valence-corrected chi connectivity index (χ0v) is 19.0. The molecule has 0 atom stereocenters. The van der Waals surface area contributed by atoms with Crippen LogP contribution in [0.15, 0.2) is 18.2 Å². The first-order valence-electron chi connectivity index (χ1n) is 8.75. The van der Waals surface area contributed by atoms with Crippen LogP contribution >= 0.6 is 34.5 Å². The molecule has 29 heavy (non-hydrogen) atoms. The van der Waals surface area contributed by atoms with Gasteiger partial charge in [0.2, 0.25) is 0 Å². The van der Waals surface area contributed by atoms with Crippen LogP contribution in [0.1, 0.15) is 63.6 Å². The van der Waals surface area contributed by atoms with Gasteiger partial charge >= 0.3 is 11.9 Å². The Kier molecular flexibility index (Phi) is 7.32. The fourth-order valence-corrected chi connectivity index (χ4v) is 4.09. The van der Waals surface area contributed by atoms with Crippen molar-refractivity contribution in [3.63, 3.8) is 0 Å². The largest absolute Gasteiger partial charge is 0.462 e. The summed E-state index contributed by atoms with van der Waals surface area (Å²) in [7, 11) is 0. The molecule has 0 radical (unpaired) electrons. The Morgan fingerprint density at radius 2 is 1.66 bits per heavy atom. The van der Waals surface area contributed by atoms with Gasteiger partial charge in [0.15, 0.2) is 0 Å². The van der Waals surface area contributed by atoms with Crippen molar-refractivity contribution in [2.75, 3.05) is 11.9 Å². The summed E-state index contributed by atoms with van der Waals surface area (Å²) in [5.74, 6) is -1.86. The number of nitrogens with one attached hydrogen (secondary N) is 1. The van der Waals surface area contributed by atoms with E-state index in [-0.39, 0.29) is 37.7 Å². The summed E-state index contributed by atoms with van der Waals surface area (Å²) >= 11 is 13.1. The first kappa shape index (κ1) is 23.2. The molecule has 0 unspecified atom stereocenters. The van der Waals surface area contributed by atoms with Crippen LogP contribution in [0.2, 0.25) is 10.0 Å². The van der Waals surface area contributed by atoms with Crippen LogP contribution in [0.5, 0.6) is 0 Å². The predicted molar refractivity (Wildman–Crippen MR) is 115 cm³/mol. The second-order valence-corrected chi connectivity index (χ2v) is 8.87. The van der Waals surface area contributed by atoms with Gasteiger partial charge in [-0.25, -0.2) is 9.59 Å². The van der Waals surface area contributed by atoms with Gasteiger partial charge in [0.25, 0.3) is 5.91 Å².